The summed E-state index contributed by atoms with van der Waals surface area (Å²) in [5.74, 6) is 1.03. The maximum atomic E-state index is 11.6. The second kappa shape index (κ2) is 9.04. The van der Waals surface area contributed by atoms with E-state index in [0.717, 1.165) is 15.2 Å². The Bertz CT molecular complexity index is 1140. The van der Waals surface area contributed by atoms with E-state index in [1.807, 2.05) is 38.1 Å². The Morgan fingerprint density at radius 2 is 1.87 bits per heavy atom. The summed E-state index contributed by atoms with van der Waals surface area (Å²) in [6.07, 6.45) is 0.979. The fourth-order valence-electron chi connectivity index (χ4n) is 3.04. The number of hydrogen-bond donors (Lipinski definition) is 2. The molecule has 0 saturated carbocycles. The van der Waals surface area contributed by atoms with Gasteiger partial charge in [0.05, 0.1) is 16.6 Å². The summed E-state index contributed by atoms with van der Waals surface area (Å²) in [5, 5.41) is 14.7. The summed E-state index contributed by atoms with van der Waals surface area (Å²) in [7, 11) is 0. The van der Waals surface area contributed by atoms with Crippen LogP contribution in [0.1, 0.15) is 30.6 Å². The minimum absolute atomic E-state index is 0.0950. The van der Waals surface area contributed by atoms with E-state index in [1.54, 1.807) is 11.3 Å². The molecular formula is C22H23N5O2S. The Balaban J connectivity index is 1.38. The van der Waals surface area contributed by atoms with Gasteiger partial charge in [-0.25, -0.2) is 9.78 Å². The van der Waals surface area contributed by atoms with E-state index in [1.165, 1.54) is 11.1 Å². The highest BCUT2D eigenvalue weighted by atomic mass is 32.1. The number of carbonyl (C=O) groups excluding carboxylic acids is 1. The Morgan fingerprint density at radius 1 is 1.07 bits per heavy atom. The fraction of sp³-hybridized carbons (Fsp3) is 0.273. The number of fused-ring (bicyclic) bond motifs is 1. The normalized spacial score (nSPS) is 11.2. The first kappa shape index (κ1) is 20.0. The van der Waals surface area contributed by atoms with Crippen LogP contribution in [0.25, 0.3) is 21.3 Å². The molecule has 0 atom stereocenters. The number of hydrogen-bond acceptors (Lipinski definition) is 6. The van der Waals surface area contributed by atoms with Crippen LogP contribution in [-0.4, -0.2) is 33.8 Å². The van der Waals surface area contributed by atoms with E-state index < -0.39 is 0 Å². The van der Waals surface area contributed by atoms with Crippen molar-refractivity contribution in [2.75, 3.05) is 6.54 Å². The lowest BCUT2D eigenvalue weighted by Gasteiger charge is -2.08. The Morgan fingerprint density at radius 3 is 2.67 bits per heavy atom. The summed E-state index contributed by atoms with van der Waals surface area (Å²) in [6.45, 7) is 4.26. The predicted molar refractivity (Wildman–Crippen MR) is 118 cm³/mol. The molecule has 0 aliphatic rings. The summed E-state index contributed by atoms with van der Waals surface area (Å²) in [4.78, 5) is 16.3. The third kappa shape index (κ3) is 5.01. The molecule has 0 aliphatic carbocycles. The predicted octanol–water partition coefficient (Wildman–Crippen LogP) is 4.19. The molecule has 30 heavy (non-hydrogen) atoms. The van der Waals surface area contributed by atoms with E-state index in [4.69, 9.17) is 9.40 Å². The van der Waals surface area contributed by atoms with Gasteiger partial charge in [-0.3, -0.25) is 0 Å². The number of benzene rings is 2. The molecule has 0 radical (unpaired) electrons. The SMILES string of the molecule is CC(C)NC(=O)NCCc1nnc(Cc2nc3ccc(-c4ccccc4)cc3s2)o1. The van der Waals surface area contributed by atoms with Crippen molar-refractivity contribution in [2.24, 2.45) is 0 Å². The van der Waals surface area contributed by atoms with Gasteiger partial charge in [0.1, 0.15) is 5.01 Å². The van der Waals surface area contributed by atoms with Gasteiger partial charge in [0.25, 0.3) is 0 Å². The third-order valence-electron chi connectivity index (χ3n) is 4.40. The molecule has 2 heterocycles. The highest BCUT2D eigenvalue weighted by Gasteiger charge is 2.12. The first-order chi connectivity index (χ1) is 14.6. The zero-order chi connectivity index (χ0) is 20.9. The summed E-state index contributed by atoms with van der Waals surface area (Å²) in [6, 6.07) is 16.5. The van der Waals surface area contributed by atoms with E-state index in [0.29, 0.717) is 31.2 Å². The van der Waals surface area contributed by atoms with Crippen molar-refractivity contribution in [3.63, 3.8) is 0 Å². The molecule has 4 rings (SSSR count). The van der Waals surface area contributed by atoms with Crippen LogP contribution < -0.4 is 10.6 Å². The lowest BCUT2D eigenvalue weighted by atomic mass is 10.1. The van der Waals surface area contributed by atoms with Gasteiger partial charge in [0.15, 0.2) is 0 Å². The zero-order valence-electron chi connectivity index (χ0n) is 16.9. The van der Waals surface area contributed by atoms with Crippen molar-refractivity contribution < 1.29 is 9.21 Å². The highest BCUT2D eigenvalue weighted by Crippen LogP contribution is 2.29. The van der Waals surface area contributed by atoms with Crippen LogP contribution >= 0.6 is 11.3 Å². The van der Waals surface area contributed by atoms with Gasteiger partial charge in [-0.15, -0.1) is 21.5 Å². The van der Waals surface area contributed by atoms with Crippen molar-refractivity contribution in [2.45, 2.75) is 32.7 Å². The van der Waals surface area contributed by atoms with E-state index in [2.05, 4.69) is 45.1 Å². The first-order valence-electron chi connectivity index (χ1n) is 9.87. The standard InChI is InChI=1S/C22H23N5O2S/c1-14(2)24-22(28)23-11-10-19-26-27-20(29-19)13-21-25-17-9-8-16(12-18(17)30-21)15-6-4-3-5-7-15/h3-9,12,14H,10-11,13H2,1-2H3,(H2,23,24,28). The van der Waals surface area contributed by atoms with Gasteiger partial charge in [-0.2, -0.15) is 0 Å². The first-order valence-corrected chi connectivity index (χ1v) is 10.7. The monoisotopic (exact) mass is 421 g/mol. The zero-order valence-corrected chi connectivity index (χ0v) is 17.7. The summed E-state index contributed by atoms with van der Waals surface area (Å²) < 4.78 is 6.84. The van der Waals surface area contributed by atoms with Gasteiger partial charge >= 0.3 is 6.03 Å². The minimum Gasteiger partial charge on any atom is -0.425 e. The number of urea groups is 1. The number of rotatable bonds is 7. The number of thiazole rings is 1. The van der Waals surface area contributed by atoms with E-state index >= 15 is 0 Å². The second-order valence-corrected chi connectivity index (χ2v) is 8.34. The van der Waals surface area contributed by atoms with Crippen molar-refractivity contribution in [3.8, 4) is 11.1 Å². The molecule has 2 aromatic carbocycles. The van der Waals surface area contributed by atoms with Gasteiger partial charge < -0.3 is 15.1 Å². The molecule has 7 nitrogen and oxygen atoms in total. The Kier molecular flexibility index (Phi) is 6.04. The number of nitrogens with zero attached hydrogens (tertiary/aromatic N) is 3. The van der Waals surface area contributed by atoms with Crippen LogP contribution in [0.3, 0.4) is 0 Å². The van der Waals surface area contributed by atoms with Crippen LogP contribution in [0.5, 0.6) is 0 Å². The molecule has 2 aromatic heterocycles. The third-order valence-corrected chi connectivity index (χ3v) is 5.41. The van der Waals surface area contributed by atoms with Crippen LogP contribution in [0.2, 0.25) is 0 Å². The average Bonchev–Trinajstić information content (AvgIpc) is 3.34. The number of carbonyl (C=O) groups is 1. The molecule has 0 unspecified atom stereocenters. The van der Waals surface area contributed by atoms with Gasteiger partial charge in [0, 0.05) is 19.0 Å². The highest BCUT2D eigenvalue weighted by molar-refractivity contribution is 7.18. The average molecular weight is 422 g/mol. The van der Waals surface area contributed by atoms with Gasteiger partial charge in [-0.1, -0.05) is 36.4 Å². The van der Waals surface area contributed by atoms with Crippen LogP contribution in [-0.2, 0) is 12.8 Å². The smallest absolute Gasteiger partial charge is 0.315 e. The maximum absolute atomic E-state index is 11.6. The van der Waals surface area contributed by atoms with Gasteiger partial charge in [-0.05, 0) is 37.1 Å². The molecule has 0 spiro atoms. The quantitative estimate of drug-likeness (QED) is 0.467. The number of nitrogens with one attached hydrogen (secondary N) is 2. The van der Waals surface area contributed by atoms with Crippen molar-refractivity contribution in [1.82, 2.24) is 25.8 Å². The molecule has 0 bridgehead atoms. The Labute approximate surface area is 178 Å². The van der Waals surface area contributed by atoms with Crippen molar-refractivity contribution >= 4 is 27.6 Å². The van der Waals surface area contributed by atoms with Crippen molar-refractivity contribution in [1.29, 1.82) is 0 Å². The lowest BCUT2D eigenvalue weighted by molar-refractivity contribution is 0.238. The van der Waals surface area contributed by atoms with Crippen molar-refractivity contribution in [3.05, 3.63) is 65.3 Å². The summed E-state index contributed by atoms with van der Waals surface area (Å²) >= 11 is 1.63. The topological polar surface area (TPSA) is 92.9 Å². The molecule has 8 heteroatoms. The Hall–Kier alpha value is -3.26. The van der Waals surface area contributed by atoms with Gasteiger partial charge in [0.2, 0.25) is 11.8 Å². The van der Waals surface area contributed by atoms with Crippen LogP contribution in [0.4, 0.5) is 4.79 Å². The molecule has 154 valence electrons. The van der Waals surface area contributed by atoms with Crippen LogP contribution in [0.15, 0.2) is 52.9 Å². The number of aromatic nitrogens is 3. The molecule has 0 saturated heterocycles. The maximum Gasteiger partial charge on any atom is 0.315 e. The summed E-state index contributed by atoms with van der Waals surface area (Å²) in [5.41, 5.74) is 3.33. The number of amides is 2. The molecule has 0 aliphatic heterocycles. The molecule has 4 aromatic rings. The largest absolute Gasteiger partial charge is 0.425 e. The molecular weight excluding hydrogens is 398 g/mol. The second-order valence-electron chi connectivity index (χ2n) is 7.23. The minimum atomic E-state index is -0.200. The lowest BCUT2D eigenvalue weighted by Crippen LogP contribution is -2.40. The fourth-order valence-corrected chi connectivity index (χ4v) is 4.04. The molecule has 2 amide bonds. The molecule has 2 N–H and O–H groups in total. The van der Waals surface area contributed by atoms with Crippen LogP contribution in [0, 0.1) is 0 Å². The van der Waals surface area contributed by atoms with E-state index in [-0.39, 0.29) is 12.1 Å². The van der Waals surface area contributed by atoms with E-state index in [9.17, 15) is 4.79 Å². The molecule has 0 fully saturated rings.